The smallest absolute Gasteiger partial charge is 0.118 e. The van der Waals surface area contributed by atoms with Crippen molar-refractivity contribution < 1.29 is 9.13 Å². The Balaban J connectivity index is 2.58. The molecule has 0 amide bonds. The van der Waals surface area contributed by atoms with Gasteiger partial charge >= 0.3 is 0 Å². The molecule has 0 heterocycles. The summed E-state index contributed by atoms with van der Waals surface area (Å²) in [5, 5.41) is 0. The van der Waals surface area contributed by atoms with Gasteiger partial charge in [0.15, 0.2) is 0 Å². The molecule has 0 N–H and O–H groups in total. The lowest BCUT2D eigenvalue weighted by Gasteiger charge is -2.25. The maximum absolute atomic E-state index is 12.5. The molecule has 0 saturated carbocycles. The van der Waals surface area contributed by atoms with Crippen molar-refractivity contribution in [3.05, 3.63) is 24.1 Å². The molecule has 0 aromatic carbocycles. The molecule has 0 fully saturated rings. The Bertz CT molecular complexity index is 196. The van der Waals surface area contributed by atoms with Gasteiger partial charge in [-0.2, -0.15) is 0 Å². The second kappa shape index (κ2) is 3.18. The number of allylic oxidation sites excluding steroid dienone is 3. The average Bonchev–Trinajstić information content (AvgIpc) is 1.97. The van der Waals surface area contributed by atoms with Crippen LogP contribution < -0.4 is 0 Å². The van der Waals surface area contributed by atoms with Crippen molar-refractivity contribution >= 4 is 0 Å². The number of hydrogen-bond donors (Lipinski definition) is 0. The summed E-state index contributed by atoms with van der Waals surface area (Å²) in [5.41, 5.74) is -0.00958. The Labute approximate surface area is 66.6 Å². The van der Waals surface area contributed by atoms with Gasteiger partial charge in [-0.15, -0.1) is 0 Å². The number of methoxy groups -OCH3 is 1. The number of hydrogen-bond acceptors (Lipinski definition) is 1. The highest BCUT2D eigenvalue weighted by Crippen LogP contribution is 2.29. The van der Waals surface area contributed by atoms with E-state index in [9.17, 15) is 4.39 Å². The van der Waals surface area contributed by atoms with Crippen LogP contribution in [-0.2, 0) is 4.74 Å². The van der Waals surface area contributed by atoms with Crippen LogP contribution in [0.3, 0.4) is 0 Å². The fourth-order valence-electron chi connectivity index (χ4n) is 1.18. The van der Waals surface area contributed by atoms with E-state index in [0.717, 1.165) is 6.42 Å². The van der Waals surface area contributed by atoms with E-state index < -0.39 is 0 Å². The molecule has 1 unspecified atom stereocenters. The quantitative estimate of drug-likeness (QED) is 0.596. The van der Waals surface area contributed by atoms with Crippen LogP contribution in [0, 0.1) is 5.41 Å². The monoisotopic (exact) mass is 156 g/mol. The molecule has 0 aliphatic heterocycles. The summed E-state index contributed by atoms with van der Waals surface area (Å²) < 4.78 is 17.5. The molecule has 1 aliphatic rings. The van der Waals surface area contributed by atoms with Gasteiger partial charge in [0.05, 0.1) is 6.61 Å². The second-order valence-corrected chi connectivity index (χ2v) is 3.21. The summed E-state index contributed by atoms with van der Waals surface area (Å²) in [4.78, 5) is 0. The average molecular weight is 156 g/mol. The van der Waals surface area contributed by atoms with Crippen molar-refractivity contribution in [3.63, 3.8) is 0 Å². The number of rotatable bonds is 2. The van der Waals surface area contributed by atoms with Crippen molar-refractivity contribution in [3.8, 4) is 0 Å². The largest absolute Gasteiger partial charge is 0.384 e. The van der Waals surface area contributed by atoms with Crippen LogP contribution in [-0.4, -0.2) is 13.7 Å². The maximum atomic E-state index is 12.5. The molecule has 0 radical (unpaired) electrons. The van der Waals surface area contributed by atoms with E-state index in [2.05, 4.69) is 6.92 Å². The first-order valence-corrected chi connectivity index (χ1v) is 3.70. The summed E-state index contributed by atoms with van der Waals surface area (Å²) in [6.07, 6.45) is 5.69. The predicted molar refractivity (Wildman–Crippen MR) is 42.9 cm³/mol. The van der Waals surface area contributed by atoms with Crippen molar-refractivity contribution in [2.45, 2.75) is 13.3 Å². The van der Waals surface area contributed by atoms with Crippen molar-refractivity contribution in [1.82, 2.24) is 0 Å². The lowest BCUT2D eigenvalue weighted by molar-refractivity contribution is 0.122. The molecular formula is C9H13FO. The summed E-state index contributed by atoms with van der Waals surface area (Å²) >= 11 is 0. The van der Waals surface area contributed by atoms with Gasteiger partial charge in [0.25, 0.3) is 0 Å². The van der Waals surface area contributed by atoms with Crippen LogP contribution in [0.1, 0.15) is 13.3 Å². The highest BCUT2D eigenvalue weighted by Gasteiger charge is 2.22. The minimum Gasteiger partial charge on any atom is -0.384 e. The lowest BCUT2D eigenvalue weighted by atomic mass is 9.84. The zero-order valence-electron chi connectivity index (χ0n) is 6.93. The van der Waals surface area contributed by atoms with E-state index in [1.165, 1.54) is 6.08 Å². The van der Waals surface area contributed by atoms with Gasteiger partial charge in [-0.3, -0.25) is 0 Å². The van der Waals surface area contributed by atoms with Gasteiger partial charge in [0, 0.05) is 12.5 Å². The Morgan fingerprint density at radius 2 is 2.45 bits per heavy atom. The predicted octanol–water partition coefficient (Wildman–Crippen LogP) is 2.45. The molecule has 2 heteroatoms. The fourth-order valence-corrected chi connectivity index (χ4v) is 1.18. The van der Waals surface area contributed by atoms with Crippen LogP contribution >= 0.6 is 0 Å². The topological polar surface area (TPSA) is 9.23 Å². The first-order valence-electron chi connectivity index (χ1n) is 3.70. The van der Waals surface area contributed by atoms with E-state index in [4.69, 9.17) is 4.74 Å². The third-order valence-electron chi connectivity index (χ3n) is 1.88. The van der Waals surface area contributed by atoms with Gasteiger partial charge in [-0.25, -0.2) is 4.39 Å². The molecule has 1 nitrogen and oxygen atoms in total. The third-order valence-corrected chi connectivity index (χ3v) is 1.88. The van der Waals surface area contributed by atoms with Gasteiger partial charge in [0.2, 0.25) is 0 Å². The zero-order chi connectivity index (χ0) is 8.32. The second-order valence-electron chi connectivity index (χ2n) is 3.21. The molecule has 0 spiro atoms. The minimum absolute atomic E-state index is 0.00958. The SMILES string of the molecule is COCC1(C)C=CC(F)=CC1. The normalized spacial score (nSPS) is 30.3. The van der Waals surface area contributed by atoms with E-state index in [1.54, 1.807) is 13.2 Å². The fraction of sp³-hybridized carbons (Fsp3) is 0.556. The zero-order valence-corrected chi connectivity index (χ0v) is 6.93. The van der Waals surface area contributed by atoms with Crippen LogP contribution in [0.5, 0.6) is 0 Å². The molecule has 11 heavy (non-hydrogen) atoms. The van der Waals surface area contributed by atoms with Gasteiger partial charge in [0.1, 0.15) is 5.83 Å². The van der Waals surface area contributed by atoms with E-state index in [1.807, 2.05) is 6.08 Å². The highest BCUT2D eigenvalue weighted by atomic mass is 19.1. The van der Waals surface area contributed by atoms with E-state index in [-0.39, 0.29) is 11.2 Å². The molecule has 1 rings (SSSR count). The van der Waals surface area contributed by atoms with Crippen LogP contribution in [0.15, 0.2) is 24.1 Å². The first kappa shape index (κ1) is 8.47. The number of ether oxygens (including phenoxy) is 1. The van der Waals surface area contributed by atoms with E-state index in [0.29, 0.717) is 6.61 Å². The molecule has 0 bridgehead atoms. The Hall–Kier alpha value is -0.630. The molecule has 0 saturated heterocycles. The third kappa shape index (κ3) is 2.15. The van der Waals surface area contributed by atoms with Crippen LogP contribution in [0.2, 0.25) is 0 Å². The van der Waals surface area contributed by atoms with Crippen LogP contribution in [0.25, 0.3) is 0 Å². The molecule has 1 aliphatic carbocycles. The molecule has 1 atom stereocenters. The summed E-state index contributed by atoms with van der Waals surface area (Å²) in [6.45, 7) is 2.70. The lowest BCUT2D eigenvalue weighted by Crippen LogP contribution is -2.20. The van der Waals surface area contributed by atoms with Gasteiger partial charge in [-0.1, -0.05) is 13.0 Å². The Morgan fingerprint density at radius 3 is 2.91 bits per heavy atom. The number of halogens is 1. The van der Waals surface area contributed by atoms with Gasteiger partial charge in [-0.05, 0) is 18.6 Å². The van der Waals surface area contributed by atoms with Crippen molar-refractivity contribution in [2.24, 2.45) is 5.41 Å². The highest BCUT2D eigenvalue weighted by molar-refractivity contribution is 5.20. The minimum atomic E-state index is -0.140. The summed E-state index contributed by atoms with van der Waals surface area (Å²) in [6, 6.07) is 0. The maximum Gasteiger partial charge on any atom is 0.118 e. The Morgan fingerprint density at radius 1 is 1.73 bits per heavy atom. The van der Waals surface area contributed by atoms with Crippen molar-refractivity contribution in [1.29, 1.82) is 0 Å². The first-order chi connectivity index (χ1) is 5.16. The van der Waals surface area contributed by atoms with Crippen molar-refractivity contribution in [2.75, 3.05) is 13.7 Å². The van der Waals surface area contributed by atoms with Gasteiger partial charge < -0.3 is 4.74 Å². The van der Waals surface area contributed by atoms with E-state index >= 15 is 0 Å². The van der Waals surface area contributed by atoms with Crippen LogP contribution in [0.4, 0.5) is 4.39 Å². The Kier molecular flexibility index (Phi) is 2.45. The molecule has 0 aromatic rings. The molecular weight excluding hydrogens is 143 g/mol. The molecule has 62 valence electrons. The molecule has 0 aromatic heterocycles. The summed E-state index contributed by atoms with van der Waals surface area (Å²) in [5.74, 6) is -0.140. The standard InChI is InChI=1S/C9H13FO/c1-9(7-11-2)5-3-8(10)4-6-9/h3-5H,6-7H2,1-2H3. The summed E-state index contributed by atoms with van der Waals surface area (Å²) in [7, 11) is 1.66.